The van der Waals surface area contributed by atoms with Crippen molar-refractivity contribution < 1.29 is 14.8 Å². The molecule has 2 N–H and O–H groups in total. The first kappa shape index (κ1) is 18.9. The second-order valence-corrected chi connectivity index (χ2v) is 6.56. The molecule has 132 valence electrons. The average Bonchev–Trinajstić information content (AvgIpc) is 2.53. The van der Waals surface area contributed by atoms with Crippen molar-refractivity contribution in [3.8, 4) is 0 Å². The number of nitrogens with zero attached hydrogens (tertiary/aromatic N) is 2. The van der Waals surface area contributed by atoms with Crippen LogP contribution in [0.4, 0.5) is 11.5 Å². The number of aryl methyl sites for hydroxylation is 2. The van der Waals surface area contributed by atoms with E-state index in [1.807, 2.05) is 32.0 Å². The van der Waals surface area contributed by atoms with Gasteiger partial charge < -0.3 is 10.4 Å². The summed E-state index contributed by atoms with van der Waals surface area (Å²) >= 11 is 3.21. The van der Waals surface area contributed by atoms with Crippen LogP contribution in [-0.4, -0.2) is 21.0 Å². The molecule has 0 saturated carbocycles. The van der Waals surface area contributed by atoms with E-state index in [4.69, 9.17) is 5.11 Å². The van der Waals surface area contributed by atoms with E-state index in [2.05, 4.69) is 26.2 Å². The Balaban J connectivity index is 2.43. The first-order chi connectivity index (χ1) is 11.8. The van der Waals surface area contributed by atoms with Crippen LogP contribution in [0.15, 0.2) is 34.9 Å². The van der Waals surface area contributed by atoms with Gasteiger partial charge in [-0.3, -0.25) is 14.9 Å². The van der Waals surface area contributed by atoms with Gasteiger partial charge in [-0.25, -0.2) is 4.98 Å². The van der Waals surface area contributed by atoms with Crippen LogP contribution in [-0.2, 0) is 4.79 Å². The fourth-order valence-electron chi connectivity index (χ4n) is 2.56. The van der Waals surface area contributed by atoms with E-state index in [1.165, 1.54) is 12.1 Å². The highest BCUT2D eigenvalue weighted by Gasteiger charge is 2.22. The van der Waals surface area contributed by atoms with Crippen molar-refractivity contribution in [1.29, 1.82) is 0 Å². The van der Waals surface area contributed by atoms with Gasteiger partial charge >= 0.3 is 11.7 Å². The second kappa shape index (κ2) is 8.06. The molecule has 1 aromatic heterocycles. The number of nitro groups is 1. The van der Waals surface area contributed by atoms with E-state index < -0.39 is 16.9 Å². The number of carbonyl (C=O) groups is 1. The summed E-state index contributed by atoms with van der Waals surface area (Å²) < 4.78 is 0.457. The Hall–Kier alpha value is -2.48. The van der Waals surface area contributed by atoms with Gasteiger partial charge in [0, 0.05) is 12.5 Å². The molecule has 0 amide bonds. The van der Waals surface area contributed by atoms with Gasteiger partial charge in [0.15, 0.2) is 0 Å². The van der Waals surface area contributed by atoms with E-state index in [0.717, 1.165) is 16.7 Å². The summed E-state index contributed by atoms with van der Waals surface area (Å²) in [4.78, 5) is 25.9. The molecular formula is C17H18BrN3O4. The number of anilines is 1. The molecule has 7 nitrogen and oxygen atoms in total. The Morgan fingerprint density at radius 2 is 2.08 bits per heavy atom. The van der Waals surface area contributed by atoms with Crippen LogP contribution < -0.4 is 5.32 Å². The van der Waals surface area contributed by atoms with E-state index in [-0.39, 0.29) is 24.3 Å². The fourth-order valence-corrected chi connectivity index (χ4v) is 2.86. The molecule has 0 spiro atoms. The molecule has 1 heterocycles. The molecule has 0 bridgehead atoms. The van der Waals surface area contributed by atoms with Crippen molar-refractivity contribution in [2.75, 3.05) is 5.32 Å². The van der Waals surface area contributed by atoms with Crippen LogP contribution in [0.3, 0.4) is 0 Å². The number of pyridine rings is 1. The number of carboxylic acid groups (broad SMARTS) is 1. The number of halogens is 1. The van der Waals surface area contributed by atoms with Gasteiger partial charge in [-0.15, -0.1) is 0 Å². The van der Waals surface area contributed by atoms with Crippen molar-refractivity contribution >= 4 is 33.4 Å². The van der Waals surface area contributed by atoms with Crippen LogP contribution in [0.1, 0.15) is 35.6 Å². The monoisotopic (exact) mass is 407 g/mol. The molecule has 25 heavy (non-hydrogen) atoms. The normalized spacial score (nSPS) is 11.8. The standard InChI is InChI=1S/C17H18BrN3O4/c1-10-3-4-11(2)12(9-10)13(5-8-16(22)23)19-17-14(21(24)25)6-7-15(18)20-17/h3-4,6-7,9,13H,5,8H2,1-2H3,(H,19,20)(H,22,23)/t13-/m1/s1. The molecule has 1 atom stereocenters. The van der Waals surface area contributed by atoms with Crippen LogP contribution in [0.5, 0.6) is 0 Å². The van der Waals surface area contributed by atoms with Gasteiger partial charge in [0.25, 0.3) is 0 Å². The first-order valence-corrected chi connectivity index (χ1v) is 8.43. The van der Waals surface area contributed by atoms with Crippen LogP contribution in [0, 0.1) is 24.0 Å². The van der Waals surface area contributed by atoms with Crippen molar-refractivity contribution in [1.82, 2.24) is 4.98 Å². The highest BCUT2D eigenvalue weighted by atomic mass is 79.9. The molecule has 8 heteroatoms. The van der Waals surface area contributed by atoms with Crippen molar-refractivity contribution in [3.05, 3.63) is 61.7 Å². The summed E-state index contributed by atoms with van der Waals surface area (Å²) in [5, 5.41) is 23.3. The number of rotatable bonds is 7. The van der Waals surface area contributed by atoms with E-state index in [9.17, 15) is 14.9 Å². The summed E-state index contributed by atoms with van der Waals surface area (Å²) in [6, 6.07) is 8.31. The summed E-state index contributed by atoms with van der Waals surface area (Å²) in [5.41, 5.74) is 2.75. The maximum absolute atomic E-state index is 11.3. The smallest absolute Gasteiger partial charge is 0.311 e. The van der Waals surface area contributed by atoms with Gasteiger partial charge in [-0.05, 0) is 53.4 Å². The summed E-state index contributed by atoms with van der Waals surface area (Å²) in [6.07, 6.45) is 0.220. The molecule has 0 aliphatic rings. The first-order valence-electron chi connectivity index (χ1n) is 7.64. The number of aliphatic carboxylic acids is 1. The molecular weight excluding hydrogens is 390 g/mol. The Morgan fingerprint density at radius 1 is 1.36 bits per heavy atom. The number of hydrogen-bond acceptors (Lipinski definition) is 5. The third kappa shape index (κ3) is 4.99. The number of hydrogen-bond donors (Lipinski definition) is 2. The largest absolute Gasteiger partial charge is 0.481 e. The number of benzene rings is 1. The minimum absolute atomic E-state index is 0.0626. The lowest BCUT2D eigenvalue weighted by molar-refractivity contribution is -0.384. The van der Waals surface area contributed by atoms with Crippen LogP contribution in [0.25, 0.3) is 0 Å². The van der Waals surface area contributed by atoms with E-state index >= 15 is 0 Å². The van der Waals surface area contributed by atoms with Crippen LogP contribution in [0.2, 0.25) is 0 Å². The lowest BCUT2D eigenvalue weighted by Gasteiger charge is -2.21. The van der Waals surface area contributed by atoms with Crippen molar-refractivity contribution in [3.63, 3.8) is 0 Å². The van der Waals surface area contributed by atoms with Crippen LogP contribution >= 0.6 is 15.9 Å². The van der Waals surface area contributed by atoms with Gasteiger partial charge in [0.2, 0.25) is 5.82 Å². The maximum atomic E-state index is 11.3. The minimum atomic E-state index is -0.922. The summed E-state index contributed by atoms with van der Waals surface area (Å²) in [5.74, 6) is -0.815. The second-order valence-electron chi connectivity index (χ2n) is 5.75. The Morgan fingerprint density at radius 3 is 2.72 bits per heavy atom. The number of aromatic nitrogens is 1. The topological polar surface area (TPSA) is 105 Å². The summed E-state index contributed by atoms with van der Waals surface area (Å²) in [6.45, 7) is 3.87. The van der Waals surface area contributed by atoms with E-state index in [1.54, 1.807) is 0 Å². The highest BCUT2D eigenvalue weighted by Crippen LogP contribution is 2.31. The molecule has 0 unspecified atom stereocenters. The average molecular weight is 408 g/mol. The molecule has 0 saturated heterocycles. The Bertz CT molecular complexity index is 810. The van der Waals surface area contributed by atoms with Gasteiger partial charge in [0.05, 0.1) is 11.0 Å². The van der Waals surface area contributed by atoms with Crippen molar-refractivity contribution in [2.24, 2.45) is 0 Å². The zero-order valence-electron chi connectivity index (χ0n) is 13.8. The molecule has 0 aliphatic carbocycles. The molecule has 0 aliphatic heterocycles. The van der Waals surface area contributed by atoms with E-state index in [0.29, 0.717) is 4.60 Å². The quantitative estimate of drug-likeness (QED) is 0.400. The molecule has 0 radical (unpaired) electrons. The minimum Gasteiger partial charge on any atom is -0.481 e. The van der Waals surface area contributed by atoms with Gasteiger partial charge in [-0.1, -0.05) is 23.8 Å². The number of carboxylic acids is 1. The Labute approximate surface area is 153 Å². The van der Waals surface area contributed by atoms with Crippen molar-refractivity contribution in [2.45, 2.75) is 32.7 Å². The van der Waals surface area contributed by atoms with Gasteiger partial charge in [-0.2, -0.15) is 0 Å². The fraction of sp³-hybridized carbons (Fsp3) is 0.294. The maximum Gasteiger partial charge on any atom is 0.311 e. The molecule has 0 fully saturated rings. The van der Waals surface area contributed by atoms with Gasteiger partial charge in [0.1, 0.15) is 4.60 Å². The highest BCUT2D eigenvalue weighted by molar-refractivity contribution is 9.10. The Kier molecular flexibility index (Phi) is 6.08. The zero-order chi connectivity index (χ0) is 18.6. The molecule has 2 aromatic rings. The SMILES string of the molecule is Cc1ccc(C)c([C@@H](CCC(=O)O)Nc2nc(Br)ccc2[N+](=O)[O-])c1. The summed E-state index contributed by atoms with van der Waals surface area (Å²) in [7, 11) is 0. The predicted molar refractivity (Wildman–Crippen MR) is 97.7 cm³/mol. The number of nitrogens with one attached hydrogen (secondary N) is 1. The predicted octanol–water partition coefficient (Wildman–Crippen LogP) is 4.39. The molecule has 1 aromatic carbocycles. The lowest BCUT2D eigenvalue weighted by atomic mass is 9.95. The zero-order valence-corrected chi connectivity index (χ0v) is 15.4. The lowest BCUT2D eigenvalue weighted by Crippen LogP contribution is -2.16. The third-order valence-electron chi connectivity index (χ3n) is 3.80. The third-order valence-corrected chi connectivity index (χ3v) is 4.25. The molecule has 2 rings (SSSR count).